The average molecular weight is 214 g/mol. The first-order valence-electron chi connectivity index (χ1n) is 4.46. The van der Waals surface area contributed by atoms with Crippen LogP contribution in [0.2, 0.25) is 0 Å². The standard InChI is InChI=1S/C9H14N2O2S/c1-4-13-9(12)7-6(3)11-8(14-7)5(2)10/h5H,4,10H2,1-3H3. The first-order chi connectivity index (χ1) is 6.56. The second kappa shape index (κ2) is 4.52. The lowest BCUT2D eigenvalue weighted by molar-refractivity contribution is 0.0531. The van der Waals surface area contributed by atoms with Gasteiger partial charge in [0.15, 0.2) is 0 Å². The maximum absolute atomic E-state index is 11.4. The van der Waals surface area contributed by atoms with Crippen LogP contribution in [0.5, 0.6) is 0 Å². The summed E-state index contributed by atoms with van der Waals surface area (Å²) < 4.78 is 4.89. The Hall–Kier alpha value is -0.940. The highest BCUT2D eigenvalue weighted by Crippen LogP contribution is 2.22. The summed E-state index contributed by atoms with van der Waals surface area (Å²) in [5.41, 5.74) is 6.36. The minimum absolute atomic E-state index is 0.137. The molecule has 0 aliphatic rings. The molecule has 0 radical (unpaired) electrons. The number of esters is 1. The molecule has 2 N–H and O–H groups in total. The van der Waals surface area contributed by atoms with Crippen molar-refractivity contribution in [3.05, 3.63) is 15.6 Å². The highest BCUT2D eigenvalue weighted by atomic mass is 32.1. The lowest BCUT2D eigenvalue weighted by Gasteiger charge is -1.98. The average Bonchev–Trinajstić information content (AvgIpc) is 2.48. The molecule has 1 aromatic rings. The smallest absolute Gasteiger partial charge is 0.350 e. The number of hydrogen-bond acceptors (Lipinski definition) is 5. The van der Waals surface area contributed by atoms with Gasteiger partial charge in [-0.3, -0.25) is 0 Å². The van der Waals surface area contributed by atoms with Crippen LogP contribution in [0.4, 0.5) is 0 Å². The summed E-state index contributed by atoms with van der Waals surface area (Å²) in [7, 11) is 0. The molecule has 5 heteroatoms. The van der Waals surface area contributed by atoms with Crippen LogP contribution in [0.1, 0.15) is 40.3 Å². The second-order valence-electron chi connectivity index (χ2n) is 2.98. The maximum Gasteiger partial charge on any atom is 0.350 e. The molecule has 1 aromatic heterocycles. The van der Waals surface area contributed by atoms with Gasteiger partial charge in [0.05, 0.1) is 18.3 Å². The van der Waals surface area contributed by atoms with Crippen molar-refractivity contribution in [1.82, 2.24) is 4.98 Å². The van der Waals surface area contributed by atoms with Crippen molar-refractivity contribution >= 4 is 17.3 Å². The van der Waals surface area contributed by atoms with E-state index in [4.69, 9.17) is 10.5 Å². The number of carbonyl (C=O) groups excluding carboxylic acids is 1. The highest BCUT2D eigenvalue weighted by Gasteiger charge is 2.17. The third kappa shape index (κ3) is 2.30. The summed E-state index contributed by atoms with van der Waals surface area (Å²) in [5, 5.41) is 0.769. The number of thiazole rings is 1. The van der Waals surface area contributed by atoms with Crippen LogP contribution in [0, 0.1) is 6.92 Å². The van der Waals surface area contributed by atoms with E-state index in [1.54, 1.807) is 13.8 Å². The summed E-state index contributed by atoms with van der Waals surface area (Å²) >= 11 is 1.30. The van der Waals surface area contributed by atoms with Crippen LogP contribution in [0.3, 0.4) is 0 Å². The van der Waals surface area contributed by atoms with Crippen molar-refractivity contribution in [3.8, 4) is 0 Å². The Balaban J connectivity index is 2.92. The van der Waals surface area contributed by atoms with Gasteiger partial charge in [0.25, 0.3) is 0 Å². The fourth-order valence-corrected chi connectivity index (χ4v) is 1.91. The van der Waals surface area contributed by atoms with Gasteiger partial charge in [-0.05, 0) is 20.8 Å². The predicted octanol–water partition coefficient (Wildman–Crippen LogP) is 1.65. The molecule has 0 aliphatic heterocycles. The Morgan fingerprint density at radius 2 is 2.36 bits per heavy atom. The van der Waals surface area contributed by atoms with Gasteiger partial charge in [0, 0.05) is 0 Å². The van der Waals surface area contributed by atoms with Crippen LogP contribution >= 0.6 is 11.3 Å². The summed E-state index contributed by atoms with van der Waals surface area (Å²) in [6, 6.07) is -0.137. The normalized spacial score (nSPS) is 12.6. The van der Waals surface area contributed by atoms with Gasteiger partial charge in [-0.2, -0.15) is 0 Å². The van der Waals surface area contributed by atoms with Crippen molar-refractivity contribution < 1.29 is 9.53 Å². The number of ether oxygens (including phenoxy) is 1. The number of hydrogen-bond donors (Lipinski definition) is 1. The molecule has 14 heavy (non-hydrogen) atoms. The van der Waals surface area contributed by atoms with Crippen molar-refractivity contribution in [1.29, 1.82) is 0 Å². The molecule has 0 amide bonds. The summed E-state index contributed by atoms with van der Waals surface area (Å²) in [4.78, 5) is 16.2. The molecule has 1 rings (SSSR count). The highest BCUT2D eigenvalue weighted by molar-refractivity contribution is 7.13. The van der Waals surface area contributed by atoms with E-state index in [-0.39, 0.29) is 12.0 Å². The van der Waals surface area contributed by atoms with Crippen LogP contribution < -0.4 is 5.73 Å². The Labute approximate surface area is 87.1 Å². The minimum Gasteiger partial charge on any atom is -0.462 e. The zero-order chi connectivity index (χ0) is 10.7. The lowest BCUT2D eigenvalue weighted by atomic mass is 10.3. The predicted molar refractivity (Wildman–Crippen MR) is 55.4 cm³/mol. The Bertz CT molecular complexity index is 334. The van der Waals surface area contributed by atoms with E-state index in [1.165, 1.54) is 11.3 Å². The second-order valence-corrected chi connectivity index (χ2v) is 4.01. The van der Waals surface area contributed by atoms with E-state index >= 15 is 0 Å². The number of carbonyl (C=O) groups is 1. The maximum atomic E-state index is 11.4. The molecular weight excluding hydrogens is 200 g/mol. The first kappa shape index (κ1) is 11.1. The number of aromatic nitrogens is 1. The van der Waals surface area contributed by atoms with Gasteiger partial charge in [0.2, 0.25) is 0 Å². The number of aryl methyl sites for hydroxylation is 1. The van der Waals surface area contributed by atoms with Gasteiger partial charge in [-0.15, -0.1) is 11.3 Å². The third-order valence-electron chi connectivity index (χ3n) is 1.66. The fraction of sp³-hybridized carbons (Fsp3) is 0.556. The van der Waals surface area contributed by atoms with Gasteiger partial charge < -0.3 is 10.5 Å². The Morgan fingerprint density at radius 1 is 1.71 bits per heavy atom. The van der Waals surface area contributed by atoms with Crippen molar-refractivity contribution in [3.63, 3.8) is 0 Å². The summed E-state index contributed by atoms with van der Waals surface area (Å²) in [6.07, 6.45) is 0. The molecular formula is C9H14N2O2S. The molecule has 78 valence electrons. The monoisotopic (exact) mass is 214 g/mol. The van der Waals surface area contributed by atoms with E-state index in [0.717, 1.165) is 5.01 Å². The SMILES string of the molecule is CCOC(=O)c1sc(C(C)N)nc1C. The Kier molecular flexibility index (Phi) is 3.60. The van der Waals surface area contributed by atoms with E-state index in [0.29, 0.717) is 17.2 Å². The van der Waals surface area contributed by atoms with Gasteiger partial charge in [-0.25, -0.2) is 9.78 Å². The topological polar surface area (TPSA) is 65.2 Å². The molecule has 0 saturated heterocycles. The lowest BCUT2D eigenvalue weighted by Crippen LogP contribution is -2.03. The van der Waals surface area contributed by atoms with Gasteiger partial charge in [0.1, 0.15) is 9.88 Å². The number of nitrogens with zero attached hydrogens (tertiary/aromatic N) is 1. The van der Waals surface area contributed by atoms with E-state index in [1.807, 2.05) is 6.92 Å². The van der Waals surface area contributed by atoms with Crippen LogP contribution in [-0.4, -0.2) is 17.6 Å². The molecule has 0 fully saturated rings. The van der Waals surface area contributed by atoms with Crippen molar-refractivity contribution in [2.24, 2.45) is 5.73 Å². The van der Waals surface area contributed by atoms with Gasteiger partial charge >= 0.3 is 5.97 Å². The fourth-order valence-electron chi connectivity index (χ4n) is 0.998. The molecule has 0 spiro atoms. The third-order valence-corrected chi connectivity index (χ3v) is 3.00. The number of rotatable bonds is 3. The Morgan fingerprint density at radius 3 is 2.79 bits per heavy atom. The van der Waals surface area contributed by atoms with E-state index < -0.39 is 0 Å². The van der Waals surface area contributed by atoms with E-state index in [2.05, 4.69) is 4.98 Å². The zero-order valence-electron chi connectivity index (χ0n) is 8.53. The molecule has 0 aliphatic carbocycles. The van der Waals surface area contributed by atoms with Crippen molar-refractivity contribution in [2.45, 2.75) is 26.8 Å². The molecule has 1 heterocycles. The van der Waals surface area contributed by atoms with Crippen LogP contribution in [0.25, 0.3) is 0 Å². The first-order valence-corrected chi connectivity index (χ1v) is 5.28. The van der Waals surface area contributed by atoms with Crippen LogP contribution in [0.15, 0.2) is 0 Å². The quantitative estimate of drug-likeness (QED) is 0.777. The van der Waals surface area contributed by atoms with Crippen molar-refractivity contribution in [2.75, 3.05) is 6.61 Å². The summed E-state index contributed by atoms with van der Waals surface area (Å²) in [6.45, 7) is 5.78. The van der Waals surface area contributed by atoms with E-state index in [9.17, 15) is 4.79 Å². The van der Waals surface area contributed by atoms with Gasteiger partial charge in [-0.1, -0.05) is 0 Å². The largest absolute Gasteiger partial charge is 0.462 e. The zero-order valence-corrected chi connectivity index (χ0v) is 9.35. The molecule has 4 nitrogen and oxygen atoms in total. The summed E-state index contributed by atoms with van der Waals surface area (Å²) in [5.74, 6) is -0.311. The molecule has 0 saturated carbocycles. The van der Waals surface area contributed by atoms with Crippen LogP contribution in [-0.2, 0) is 4.74 Å². The molecule has 0 aromatic carbocycles. The minimum atomic E-state index is -0.311. The molecule has 0 bridgehead atoms. The number of nitrogens with two attached hydrogens (primary N) is 1. The molecule has 1 atom stereocenters. The molecule has 1 unspecified atom stereocenters.